The number of aryl methyl sites for hydroxylation is 4. The first-order valence-corrected chi connectivity index (χ1v) is 27.1. The van der Waals surface area contributed by atoms with Gasteiger partial charge in [0.15, 0.2) is 5.82 Å². The summed E-state index contributed by atoms with van der Waals surface area (Å²) in [4.78, 5) is 15.0. The first kappa shape index (κ1) is 48.5. The van der Waals surface area contributed by atoms with Crippen molar-refractivity contribution in [3.8, 4) is 61.8 Å². The lowest BCUT2D eigenvalue weighted by Gasteiger charge is -2.26. The van der Waals surface area contributed by atoms with Crippen molar-refractivity contribution in [2.45, 2.75) is 27.7 Å². The largest absolute Gasteiger partial charge is 0.310 e. The molecule has 0 bridgehead atoms. The van der Waals surface area contributed by atoms with Gasteiger partial charge in [-0.1, -0.05) is 170 Å². The number of aromatic nitrogens is 3. The SMILES string of the molecule is Cc1ccccc1-c1cc(-c2ccc(-c3c(C)cc(-c4ccc(-n5c6ccc(N(c7ccccc7)c7ccccc7)cc6c6cc(N(c7ccccc7)c7ccccc7)ccc65)cc4)cc3C)cc2)nc(-c2ccccc2C)n1. The van der Waals surface area contributed by atoms with E-state index in [4.69, 9.17) is 9.97 Å². The number of hydrogen-bond acceptors (Lipinski definition) is 4. The zero-order valence-electron chi connectivity index (χ0n) is 44.7. The first-order chi connectivity index (χ1) is 38.8. The molecule has 5 heteroatoms. The molecule has 2 aromatic heterocycles. The predicted octanol–water partition coefficient (Wildman–Crippen LogP) is 20.1. The summed E-state index contributed by atoms with van der Waals surface area (Å²) in [5, 5.41) is 2.34. The molecule has 378 valence electrons. The second-order valence-corrected chi connectivity index (χ2v) is 20.5. The van der Waals surface area contributed by atoms with Crippen LogP contribution in [-0.4, -0.2) is 14.5 Å². The van der Waals surface area contributed by atoms with Crippen LogP contribution in [0, 0.1) is 27.7 Å². The van der Waals surface area contributed by atoms with Gasteiger partial charge in [-0.25, -0.2) is 9.97 Å². The molecule has 0 aliphatic carbocycles. The highest BCUT2D eigenvalue weighted by molar-refractivity contribution is 6.12. The maximum Gasteiger partial charge on any atom is 0.160 e. The third kappa shape index (κ3) is 9.32. The molecule has 5 nitrogen and oxygen atoms in total. The van der Waals surface area contributed by atoms with Gasteiger partial charge in [-0.3, -0.25) is 0 Å². The summed E-state index contributed by atoms with van der Waals surface area (Å²) in [5.41, 5.74) is 24.5. The number of nitrogens with zero attached hydrogens (tertiary/aromatic N) is 5. The Labute approximate surface area is 462 Å². The van der Waals surface area contributed by atoms with Gasteiger partial charge < -0.3 is 14.4 Å². The van der Waals surface area contributed by atoms with Gasteiger partial charge in [-0.2, -0.15) is 0 Å². The van der Waals surface area contributed by atoms with Crippen molar-refractivity contribution in [2.75, 3.05) is 9.80 Å². The minimum absolute atomic E-state index is 0.732. The summed E-state index contributed by atoms with van der Waals surface area (Å²) in [7, 11) is 0. The maximum absolute atomic E-state index is 5.17. The lowest BCUT2D eigenvalue weighted by atomic mass is 9.91. The van der Waals surface area contributed by atoms with Gasteiger partial charge in [-0.05, 0) is 175 Å². The number of fused-ring (bicyclic) bond motifs is 3. The van der Waals surface area contributed by atoms with E-state index in [0.29, 0.717) is 0 Å². The summed E-state index contributed by atoms with van der Waals surface area (Å²) < 4.78 is 2.42. The Morgan fingerprint density at radius 3 is 1.16 bits per heavy atom. The standard InChI is InChI=1S/C74H57N5/c1-50-21-17-19-31-65(50)70-49-69(75-74(76-70)66-32-20-18-22-51(66)2)55-33-35-56(36-34-55)73-52(3)45-57(46-53(73)4)54-37-39-62(40-38-54)79-71-43-41-63(77(58-23-9-5-10-24-58)59-25-11-6-12-26-59)47-67(71)68-48-64(42-44-72(68)79)78(60-27-13-7-14-28-60)61-29-15-8-16-30-61/h5-49H,1-4H3. The summed E-state index contributed by atoms with van der Waals surface area (Å²) in [5.74, 6) is 0.732. The fraction of sp³-hybridized carbons (Fsp3) is 0.0541. The number of anilines is 6. The Morgan fingerprint density at radius 1 is 0.291 bits per heavy atom. The van der Waals surface area contributed by atoms with E-state index in [1.807, 2.05) is 0 Å². The van der Waals surface area contributed by atoms with Crippen molar-refractivity contribution in [3.63, 3.8) is 0 Å². The number of hydrogen-bond donors (Lipinski definition) is 0. The Kier molecular flexibility index (Phi) is 12.8. The highest BCUT2D eigenvalue weighted by Gasteiger charge is 2.21. The fourth-order valence-corrected chi connectivity index (χ4v) is 11.5. The van der Waals surface area contributed by atoms with Crippen molar-refractivity contribution in [1.82, 2.24) is 14.5 Å². The molecule has 0 aliphatic rings. The summed E-state index contributed by atoms with van der Waals surface area (Å²) >= 11 is 0. The monoisotopic (exact) mass is 1020 g/mol. The third-order valence-electron chi connectivity index (χ3n) is 15.3. The molecule has 0 saturated heterocycles. The molecule has 0 fully saturated rings. The lowest BCUT2D eigenvalue weighted by molar-refractivity contribution is 1.17. The van der Waals surface area contributed by atoms with Gasteiger partial charge >= 0.3 is 0 Å². The average Bonchev–Trinajstić information content (AvgIpc) is 3.99. The van der Waals surface area contributed by atoms with Gasteiger partial charge in [0.1, 0.15) is 0 Å². The molecule has 0 radical (unpaired) electrons. The van der Waals surface area contributed by atoms with E-state index in [0.717, 1.165) is 90.3 Å². The highest BCUT2D eigenvalue weighted by Crippen LogP contribution is 2.44. The van der Waals surface area contributed by atoms with E-state index >= 15 is 0 Å². The van der Waals surface area contributed by atoms with Crippen LogP contribution in [0.4, 0.5) is 34.1 Å². The second-order valence-electron chi connectivity index (χ2n) is 20.5. The normalized spacial score (nSPS) is 11.3. The van der Waals surface area contributed by atoms with Crippen LogP contribution in [-0.2, 0) is 0 Å². The van der Waals surface area contributed by atoms with Crippen molar-refractivity contribution in [2.24, 2.45) is 0 Å². The molecule has 0 unspecified atom stereocenters. The van der Waals surface area contributed by atoms with Crippen molar-refractivity contribution in [3.05, 3.63) is 295 Å². The van der Waals surface area contributed by atoms with Gasteiger partial charge in [0.05, 0.1) is 22.4 Å². The average molecular weight is 1020 g/mol. The number of para-hydroxylation sites is 4. The van der Waals surface area contributed by atoms with Crippen LogP contribution >= 0.6 is 0 Å². The molecule has 79 heavy (non-hydrogen) atoms. The van der Waals surface area contributed by atoms with E-state index in [9.17, 15) is 0 Å². The molecule has 0 saturated carbocycles. The Morgan fingerprint density at radius 2 is 0.696 bits per heavy atom. The fourth-order valence-electron chi connectivity index (χ4n) is 11.5. The molecule has 0 spiro atoms. The second kappa shape index (κ2) is 20.8. The first-order valence-electron chi connectivity index (χ1n) is 27.1. The van der Waals surface area contributed by atoms with Crippen LogP contribution in [0.5, 0.6) is 0 Å². The molecule has 0 amide bonds. The summed E-state index contributed by atoms with van der Waals surface area (Å²) in [6.45, 7) is 8.72. The summed E-state index contributed by atoms with van der Waals surface area (Å²) in [6.07, 6.45) is 0. The van der Waals surface area contributed by atoms with Gasteiger partial charge in [-0.15, -0.1) is 0 Å². The Balaban J connectivity index is 0.866. The smallest absolute Gasteiger partial charge is 0.160 e. The van der Waals surface area contributed by atoms with E-state index in [-0.39, 0.29) is 0 Å². The van der Waals surface area contributed by atoms with E-state index in [2.05, 4.69) is 315 Å². The molecule has 13 rings (SSSR count). The van der Waals surface area contributed by atoms with E-state index < -0.39 is 0 Å². The van der Waals surface area contributed by atoms with Crippen LogP contribution in [0.1, 0.15) is 22.3 Å². The summed E-state index contributed by atoms with van der Waals surface area (Å²) in [6, 6.07) is 97.9. The van der Waals surface area contributed by atoms with E-state index in [1.165, 1.54) is 49.7 Å². The Bertz CT molecular complexity index is 4020. The highest BCUT2D eigenvalue weighted by atomic mass is 15.1. The maximum atomic E-state index is 5.17. The van der Waals surface area contributed by atoms with Gasteiger partial charge in [0.25, 0.3) is 0 Å². The van der Waals surface area contributed by atoms with Crippen LogP contribution in [0.25, 0.3) is 83.6 Å². The van der Waals surface area contributed by atoms with Crippen LogP contribution < -0.4 is 9.80 Å². The number of benzene rings is 11. The third-order valence-corrected chi connectivity index (χ3v) is 15.3. The Hall–Kier alpha value is -10.1. The predicted molar refractivity (Wildman–Crippen MR) is 332 cm³/mol. The minimum atomic E-state index is 0.732. The molecular weight excluding hydrogens is 959 g/mol. The van der Waals surface area contributed by atoms with Gasteiger partial charge in [0, 0.05) is 67.3 Å². The zero-order valence-corrected chi connectivity index (χ0v) is 44.7. The molecule has 0 N–H and O–H groups in total. The van der Waals surface area contributed by atoms with Crippen molar-refractivity contribution < 1.29 is 0 Å². The zero-order chi connectivity index (χ0) is 53.4. The molecule has 0 aliphatic heterocycles. The number of rotatable bonds is 12. The molecule has 11 aromatic carbocycles. The van der Waals surface area contributed by atoms with Crippen LogP contribution in [0.15, 0.2) is 273 Å². The molecule has 13 aromatic rings. The quantitative estimate of drug-likeness (QED) is 0.122. The van der Waals surface area contributed by atoms with E-state index in [1.54, 1.807) is 0 Å². The minimum Gasteiger partial charge on any atom is -0.310 e. The van der Waals surface area contributed by atoms with Gasteiger partial charge in [0.2, 0.25) is 0 Å². The molecular formula is C74H57N5. The van der Waals surface area contributed by atoms with Crippen molar-refractivity contribution in [1.29, 1.82) is 0 Å². The molecule has 2 heterocycles. The van der Waals surface area contributed by atoms with Crippen LogP contribution in [0.2, 0.25) is 0 Å². The molecule has 0 atom stereocenters. The van der Waals surface area contributed by atoms with Crippen LogP contribution in [0.3, 0.4) is 0 Å². The topological polar surface area (TPSA) is 37.2 Å². The van der Waals surface area contributed by atoms with Crippen molar-refractivity contribution >= 4 is 55.9 Å². The lowest BCUT2D eigenvalue weighted by Crippen LogP contribution is -2.09.